The minimum atomic E-state index is -0.357. The van der Waals surface area contributed by atoms with Crippen LogP contribution in [0.3, 0.4) is 0 Å². The third-order valence-corrected chi connectivity index (χ3v) is 3.34. The molecule has 4 N–H and O–H groups in total. The van der Waals surface area contributed by atoms with Crippen molar-refractivity contribution >= 4 is 23.4 Å². The molecule has 1 aliphatic heterocycles. The number of nitrogens with one attached hydrogen (secondary N) is 1. The quantitative estimate of drug-likeness (QED) is 0.532. The number of nitrogens with zero attached hydrogens (tertiary/aromatic N) is 3. The summed E-state index contributed by atoms with van der Waals surface area (Å²) >= 11 is 6.05. The van der Waals surface area contributed by atoms with Crippen molar-refractivity contribution in [1.29, 1.82) is 0 Å². The van der Waals surface area contributed by atoms with Gasteiger partial charge in [0.25, 0.3) is 0 Å². The summed E-state index contributed by atoms with van der Waals surface area (Å²) in [6.07, 6.45) is 2.06. The van der Waals surface area contributed by atoms with Crippen molar-refractivity contribution in [2.45, 2.75) is 19.4 Å². The van der Waals surface area contributed by atoms with E-state index in [9.17, 15) is 5.11 Å². The zero-order valence-corrected chi connectivity index (χ0v) is 10.4. The summed E-state index contributed by atoms with van der Waals surface area (Å²) in [7, 11) is 0. The highest BCUT2D eigenvalue weighted by Gasteiger charge is 2.26. The van der Waals surface area contributed by atoms with E-state index in [4.69, 9.17) is 17.4 Å². The minimum Gasteiger partial charge on any atom is -0.391 e. The van der Waals surface area contributed by atoms with E-state index in [1.54, 1.807) is 0 Å². The van der Waals surface area contributed by atoms with E-state index >= 15 is 0 Å². The van der Waals surface area contributed by atoms with E-state index in [0.29, 0.717) is 29.3 Å². The second-order valence-corrected chi connectivity index (χ2v) is 4.70. The standard InChI is InChI=1S/C10H16ClN5O/c1-6-2-3-16(5-8(6)17)9-7(11)4-13-10(14-9)15-12/h4,6,8,17H,2-3,5,12H2,1H3,(H,13,14,15). The fourth-order valence-corrected chi connectivity index (χ4v) is 2.10. The molecule has 1 fully saturated rings. The lowest BCUT2D eigenvalue weighted by Gasteiger charge is -2.35. The first kappa shape index (κ1) is 12.3. The lowest BCUT2D eigenvalue weighted by Crippen LogP contribution is -2.43. The Kier molecular flexibility index (Phi) is 3.66. The fraction of sp³-hybridized carbons (Fsp3) is 0.600. The molecule has 1 aliphatic rings. The Balaban J connectivity index is 2.21. The normalized spacial score (nSPS) is 24.8. The monoisotopic (exact) mass is 257 g/mol. The third-order valence-electron chi connectivity index (χ3n) is 3.07. The number of nitrogens with two attached hydrogens (primary N) is 1. The summed E-state index contributed by atoms with van der Waals surface area (Å²) in [5.74, 6) is 6.50. The Morgan fingerprint density at radius 1 is 1.65 bits per heavy atom. The van der Waals surface area contributed by atoms with Crippen LogP contribution in [0.25, 0.3) is 0 Å². The van der Waals surface area contributed by atoms with Crippen molar-refractivity contribution in [3.05, 3.63) is 11.2 Å². The molecule has 1 aromatic rings. The van der Waals surface area contributed by atoms with Crippen LogP contribution in [-0.2, 0) is 0 Å². The first-order valence-electron chi connectivity index (χ1n) is 5.54. The molecule has 0 bridgehead atoms. The lowest BCUT2D eigenvalue weighted by molar-refractivity contribution is 0.102. The molecule has 0 amide bonds. The summed E-state index contributed by atoms with van der Waals surface area (Å²) in [6, 6.07) is 0. The van der Waals surface area contributed by atoms with Gasteiger partial charge in [-0.3, -0.25) is 5.43 Å². The van der Waals surface area contributed by atoms with Gasteiger partial charge < -0.3 is 10.0 Å². The number of hydrazine groups is 1. The van der Waals surface area contributed by atoms with Crippen LogP contribution < -0.4 is 16.2 Å². The van der Waals surface area contributed by atoms with Gasteiger partial charge in [-0.2, -0.15) is 4.98 Å². The van der Waals surface area contributed by atoms with Gasteiger partial charge in [-0.05, 0) is 12.3 Å². The molecule has 1 saturated heterocycles. The zero-order valence-electron chi connectivity index (χ0n) is 9.60. The maximum Gasteiger partial charge on any atom is 0.239 e. The van der Waals surface area contributed by atoms with Crippen LogP contribution in [0.5, 0.6) is 0 Å². The van der Waals surface area contributed by atoms with Crippen molar-refractivity contribution in [3.63, 3.8) is 0 Å². The lowest BCUT2D eigenvalue weighted by atomic mass is 9.96. The van der Waals surface area contributed by atoms with E-state index in [-0.39, 0.29) is 6.10 Å². The summed E-state index contributed by atoms with van der Waals surface area (Å²) in [5.41, 5.74) is 2.38. The predicted molar refractivity (Wildman–Crippen MR) is 66.9 cm³/mol. The van der Waals surface area contributed by atoms with Crippen LogP contribution >= 0.6 is 11.6 Å². The van der Waals surface area contributed by atoms with Gasteiger partial charge in [0, 0.05) is 13.1 Å². The topological polar surface area (TPSA) is 87.3 Å². The van der Waals surface area contributed by atoms with Gasteiger partial charge in [0.15, 0.2) is 5.82 Å². The maximum absolute atomic E-state index is 9.86. The average molecular weight is 258 g/mol. The van der Waals surface area contributed by atoms with E-state index < -0.39 is 0 Å². The summed E-state index contributed by atoms with van der Waals surface area (Å²) in [6.45, 7) is 3.39. The molecule has 94 valence electrons. The van der Waals surface area contributed by atoms with Gasteiger partial charge in [0.2, 0.25) is 5.95 Å². The van der Waals surface area contributed by atoms with Gasteiger partial charge in [-0.25, -0.2) is 10.8 Å². The number of nitrogen functional groups attached to an aromatic ring is 1. The third kappa shape index (κ3) is 2.59. The molecular formula is C10H16ClN5O. The average Bonchev–Trinajstić information content (AvgIpc) is 2.33. The molecular weight excluding hydrogens is 242 g/mol. The Labute approximate surface area is 105 Å². The van der Waals surface area contributed by atoms with Crippen molar-refractivity contribution in [1.82, 2.24) is 9.97 Å². The first-order valence-corrected chi connectivity index (χ1v) is 5.91. The highest BCUT2D eigenvalue weighted by atomic mass is 35.5. The van der Waals surface area contributed by atoms with E-state index in [1.807, 2.05) is 11.8 Å². The van der Waals surface area contributed by atoms with Gasteiger partial charge in [0.05, 0.1) is 12.3 Å². The van der Waals surface area contributed by atoms with Crippen LogP contribution in [0.4, 0.5) is 11.8 Å². The summed E-state index contributed by atoms with van der Waals surface area (Å²) < 4.78 is 0. The van der Waals surface area contributed by atoms with Gasteiger partial charge in [-0.15, -0.1) is 0 Å². The van der Waals surface area contributed by atoms with Gasteiger partial charge >= 0.3 is 0 Å². The molecule has 0 aliphatic carbocycles. The molecule has 2 rings (SSSR count). The van der Waals surface area contributed by atoms with Crippen LogP contribution in [0.2, 0.25) is 5.02 Å². The van der Waals surface area contributed by atoms with E-state index in [2.05, 4.69) is 15.4 Å². The van der Waals surface area contributed by atoms with Crippen molar-refractivity contribution < 1.29 is 5.11 Å². The first-order chi connectivity index (χ1) is 8.11. The van der Waals surface area contributed by atoms with Crippen LogP contribution in [0, 0.1) is 5.92 Å². The Bertz CT molecular complexity index is 402. The summed E-state index contributed by atoms with van der Waals surface area (Å²) in [4.78, 5) is 10.1. The second kappa shape index (κ2) is 5.03. The largest absolute Gasteiger partial charge is 0.391 e. The number of aliphatic hydroxyl groups is 1. The number of β-amino-alcohol motifs (C(OH)–C–C–N with tert-alkyl or cyclic N) is 1. The number of hydrogen-bond acceptors (Lipinski definition) is 6. The molecule has 17 heavy (non-hydrogen) atoms. The van der Waals surface area contributed by atoms with Crippen molar-refractivity contribution in [2.75, 3.05) is 23.4 Å². The number of anilines is 2. The van der Waals surface area contributed by atoms with E-state index in [1.165, 1.54) is 6.20 Å². The molecule has 7 heteroatoms. The molecule has 6 nitrogen and oxygen atoms in total. The second-order valence-electron chi connectivity index (χ2n) is 4.29. The fourth-order valence-electron chi connectivity index (χ4n) is 1.89. The molecule has 2 unspecified atom stereocenters. The maximum atomic E-state index is 9.86. The van der Waals surface area contributed by atoms with Gasteiger partial charge in [0.1, 0.15) is 5.02 Å². The number of hydrogen-bond donors (Lipinski definition) is 3. The number of rotatable bonds is 2. The molecule has 0 aromatic carbocycles. The summed E-state index contributed by atoms with van der Waals surface area (Å²) in [5, 5.41) is 10.3. The highest BCUT2D eigenvalue weighted by molar-refractivity contribution is 6.32. The number of aliphatic hydroxyl groups excluding tert-OH is 1. The minimum absolute atomic E-state index is 0.305. The number of aromatic nitrogens is 2. The van der Waals surface area contributed by atoms with E-state index in [0.717, 1.165) is 13.0 Å². The molecule has 0 saturated carbocycles. The Hall–Kier alpha value is -1.11. The smallest absolute Gasteiger partial charge is 0.239 e. The van der Waals surface area contributed by atoms with Crippen LogP contribution in [0.1, 0.15) is 13.3 Å². The van der Waals surface area contributed by atoms with Gasteiger partial charge in [-0.1, -0.05) is 18.5 Å². The molecule has 0 spiro atoms. The van der Waals surface area contributed by atoms with Crippen LogP contribution in [-0.4, -0.2) is 34.3 Å². The highest BCUT2D eigenvalue weighted by Crippen LogP contribution is 2.28. The molecule has 2 heterocycles. The molecule has 0 radical (unpaired) electrons. The molecule has 1 aromatic heterocycles. The Morgan fingerprint density at radius 2 is 2.41 bits per heavy atom. The van der Waals surface area contributed by atoms with Crippen molar-refractivity contribution in [3.8, 4) is 0 Å². The number of piperidine rings is 1. The van der Waals surface area contributed by atoms with Crippen LogP contribution in [0.15, 0.2) is 6.20 Å². The zero-order chi connectivity index (χ0) is 12.4. The Morgan fingerprint density at radius 3 is 3.06 bits per heavy atom. The number of halogens is 1. The molecule has 2 atom stereocenters. The SMILES string of the molecule is CC1CCN(c2nc(NN)ncc2Cl)CC1O. The van der Waals surface area contributed by atoms with Crippen molar-refractivity contribution in [2.24, 2.45) is 11.8 Å². The predicted octanol–water partition coefficient (Wildman–Crippen LogP) is 0.623.